The van der Waals surface area contributed by atoms with Gasteiger partial charge in [0, 0.05) is 31.0 Å². The van der Waals surface area contributed by atoms with E-state index in [1.54, 1.807) is 12.0 Å². The molecule has 3 rings (SSSR count). The summed E-state index contributed by atoms with van der Waals surface area (Å²) in [5, 5.41) is 10.4. The Morgan fingerprint density at radius 2 is 2.19 bits per heavy atom. The molecule has 1 aliphatic heterocycles. The van der Waals surface area contributed by atoms with E-state index in [-0.39, 0.29) is 12.5 Å². The molecule has 1 aliphatic rings. The number of hydrogen-bond donors (Lipinski definition) is 1. The fourth-order valence-corrected chi connectivity index (χ4v) is 3.14. The van der Waals surface area contributed by atoms with E-state index in [2.05, 4.69) is 0 Å². The van der Waals surface area contributed by atoms with Crippen molar-refractivity contribution in [2.45, 2.75) is 19.4 Å². The molecule has 5 nitrogen and oxygen atoms in total. The maximum atomic E-state index is 12.6. The number of aryl methyl sites for hydroxylation is 1. The zero-order chi connectivity index (χ0) is 15.0. The summed E-state index contributed by atoms with van der Waals surface area (Å²) in [4.78, 5) is 14.4. The van der Waals surface area contributed by atoms with E-state index >= 15 is 0 Å². The lowest BCUT2D eigenvalue weighted by Gasteiger charge is -2.16. The first-order valence-corrected chi connectivity index (χ1v) is 7.22. The highest BCUT2D eigenvalue weighted by Gasteiger charge is 2.27. The molecule has 2 aromatic rings. The number of nitrogens with zero attached hydrogens (tertiary/aromatic N) is 2. The van der Waals surface area contributed by atoms with Crippen molar-refractivity contribution in [3.05, 3.63) is 29.5 Å². The summed E-state index contributed by atoms with van der Waals surface area (Å²) in [5.74, 6) is 0.822. The number of benzene rings is 1. The van der Waals surface area contributed by atoms with E-state index in [9.17, 15) is 9.90 Å². The predicted molar refractivity (Wildman–Crippen MR) is 80.9 cm³/mol. The molecule has 112 valence electrons. The van der Waals surface area contributed by atoms with Crippen molar-refractivity contribution in [3.8, 4) is 5.75 Å². The van der Waals surface area contributed by atoms with Crippen LogP contribution in [0.5, 0.6) is 5.75 Å². The number of rotatable bonds is 3. The van der Waals surface area contributed by atoms with E-state index in [1.807, 2.05) is 29.8 Å². The molecular formula is C16H20N2O3. The van der Waals surface area contributed by atoms with Crippen LogP contribution in [0.4, 0.5) is 0 Å². The van der Waals surface area contributed by atoms with Crippen molar-refractivity contribution >= 4 is 16.8 Å². The number of fused-ring (bicyclic) bond motifs is 3. The van der Waals surface area contributed by atoms with Crippen LogP contribution < -0.4 is 4.74 Å². The number of aliphatic hydroxyl groups excluding tert-OH is 1. The van der Waals surface area contributed by atoms with Gasteiger partial charge in [0.1, 0.15) is 11.4 Å². The number of aromatic nitrogens is 1. The summed E-state index contributed by atoms with van der Waals surface area (Å²) >= 11 is 0. The maximum absolute atomic E-state index is 12.6. The van der Waals surface area contributed by atoms with Gasteiger partial charge in [-0.15, -0.1) is 0 Å². The first-order valence-electron chi connectivity index (χ1n) is 7.22. The highest BCUT2D eigenvalue weighted by molar-refractivity contribution is 6.02. The number of methoxy groups -OCH3 is 1. The van der Waals surface area contributed by atoms with Gasteiger partial charge in [-0.3, -0.25) is 4.79 Å². The lowest BCUT2D eigenvalue weighted by molar-refractivity contribution is 0.0789. The molecule has 0 unspecified atom stereocenters. The van der Waals surface area contributed by atoms with Gasteiger partial charge in [-0.1, -0.05) is 0 Å². The summed E-state index contributed by atoms with van der Waals surface area (Å²) in [6.45, 7) is 1.20. The van der Waals surface area contributed by atoms with Gasteiger partial charge in [-0.05, 0) is 36.6 Å². The number of ether oxygens (including phenoxy) is 1. The topological polar surface area (TPSA) is 54.7 Å². The second-order valence-corrected chi connectivity index (χ2v) is 5.42. The van der Waals surface area contributed by atoms with Gasteiger partial charge < -0.3 is 19.3 Å². The van der Waals surface area contributed by atoms with Crippen LogP contribution in [0.15, 0.2) is 18.2 Å². The largest absolute Gasteiger partial charge is 0.497 e. The third kappa shape index (κ3) is 2.17. The van der Waals surface area contributed by atoms with Gasteiger partial charge in [-0.25, -0.2) is 0 Å². The van der Waals surface area contributed by atoms with E-state index in [4.69, 9.17) is 4.74 Å². The molecule has 1 N–H and O–H groups in total. The van der Waals surface area contributed by atoms with Crippen LogP contribution in [-0.2, 0) is 13.0 Å². The smallest absolute Gasteiger partial charge is 0.270 e. The number of hydrogen-bond acceptors (Lipinski definition) is 3. The van der Waals surface area contributed by atoms with E-state index < -0.39 is 0 Å². The molecule has 0 saturated carbocycles. The van der Waals surface area contributed by atoms with Crippen LogP contribution >= 0.6 is 0 Å². The van der Waals surface area contributed by atoms with E-state index in [0.717, 1.165) is 41.6 Å². The molecular weight excluding hydrogens is 268 g/mol. The molecule has 21 heavy (non-hydrogen) atoms. The molecule has 0 atom stereocenters. The SMILES string of the molecule is COc1ccc2c(c1)c1c(n2CCO)C(=O)N(C)CCC1. The summed E-state index contributed by atoms with van der Waals surface area (Å²) in [5.41, 5.74) is 2.78. The summed E-state index contributed by atoms with van der Waals surface area (Å²) in [7, 11) is 3.47. The van der Waals surface area contributed by atoms with Crippen molar-refractivity contribution in [1.29, 1.82) is 0 Å². The minimum absolute atomic E-state index is 0.0131. The number of aliphatic hydroxyl groups is 1. The second-order valence-electron chi connectivity index (χ2n) is 5.42. The predicted octanol–water partition coefficient (Wildman–Crippen LogP) is 1.66. The number of amides is 1. The van der Waals surface area contributed by atoms with Gasteiger partial charge >= 0.3 is 0 Å². The lowest BCUT2D eigenvalue weighted by Crippen LogP contribution is -2.28. The molecule has 0 fully saturated rings. The Morgan fingerprint density at radius 1 is 1.38 bits per heavy atom. The average Bonchev–Trinajstić information content (AvgIpc) is 2.71. The molecule has 1 amide bonds. The minimum atomic E-state index is 0.0131. The molecule has 2 heterocycles. The monoisotopic (exact) mass is 288 g/mol. The third-order valence-electron chi connectivity index (χ3n) is 4.17. The summed E-state index contributed by atoms with van der Waals surface area (Å²) in [6.07, 6.45) is 1.82. The maximum Gasteiger partial charge on any atom is 0.270 e. The van der Waals surface area contributed by atoms with Gasteiger partial charge in [-0.2, -0.15) is 0 Å². The van der Waals surface area contributed by atoms with E-state index in [1.165, 1.54) is 0 Å². The van der Waals surface area contributed by atoms with Crippen molar-refractivity contribution in [1.82, 2.24) is 9.47 Å². The molecule has 0 radical (unpaired) electrons. The lowest BCUT2D eigenvalue weighted by atomic mass is 10.1. The molecule has 0 saturated heterocycles. The van der Waals surface area contributed by atoms with Crippen molar-refractivity contribution in [3.63, 3.8) is 0 Å². The molecule has 0 spiro atoms. The fraction of sp³-hybridized carbons (Fsp3) is 0.438. The highest BCUT2D eigenvalue weighted by Crippen LogP contribution is 2.32. The zero-order valence-corrected chi connectivity index (χ0v) is 12.4. The summed E-state index contributed by atoms with van der Waals surface area (Å²) < 4.78 is 7.25. The van der Waals surface area contributed by atoms with Crippen molar-refractivity contribution in [2.24, 2.45) is 0 Å². The third-order valence-corrected chi connectivity index (χ3v) is 4.17. The van der Waals surface area contributed by atoms with Crippen molar-refractivity contribution < 1.29 is 14.6 Å². The number of carbonyl (C=O) groups is 1. The highest BCUT2D eigenvalue weighted by atomic mass is 16.5. The molecule has 0 bridgehead atoms. The quantitative estimate of drug-likeness (QED) is 0.934. The van der Waals surface area contributed by atoms with Gasteiger partial charge in [0.15, 0.2) is 0 Å². The Balaban J connectivity index is 2.30. The molecule has 5 heteroatoms. The Bertz CT molecular complexity index is 690. The molecule has 1 aromatic heterocycles. The van der Waals surface area contributed by atoms with Gasteiger partial charge in [0.2, 0.25) is 0 Å². The minimum Gasteiger partial charge on any atom is -0.497 e. The second kappa shape index (κ2) is 5.41. The Morgan fingerprint density at radius 3 is 2.90 bits per heavy atom. The van der Waals surface area contributed by atoms with Crippen LogP contribution in [0.25, 0.3) is 10.9 Å². The van der Waals surface area contributed by atoms with Crippen molar-refractivity contribution in [2.75, 3.05) is 27.3 Å². The number of carbonyl (C=O) groups excluding carboxylic acids is 1. The normalized spacial score (nSPS) is 15.2. The first kappa shape index (κ1) is 13.9. The Labute approximate surface area is 123 Å². The van der Waals surface area contributed by atoms with Gasteiger partial charge in [0.25, 0.3) is 5.91 Å². The first-order chi connectivity index (χ1) is 10.2. The Kier molecular flexibility index (Phi) is 3.59. The van der Waals surface area contributed by atoms with Crippen LogP contribution in [0.1, 0.15) is 22.5 Å². The molecule has 0 aliphatic carbocycles. The Hall–Kier alpha value is -2.01. The standard InChI is InChI=1S/C16H20N2O3/c1-17-7-3-4-12-13-10-11(21-2)5-6-14(13)18(8-9-19)15(12)16(17)20/h5-6,10,19H,3-4,7-9H2,1-2H3. The average molecular weight is 288 g/mol. The van der Waals surface area contributed by atoms with Crippen LogP contribution in [0.3, 0.4) is 0 Å². The van der Waals surface area contributed by atoms with Crippen LogP contribution in [0.2, 0.25) is 0 Å². The van der Waals surface area contributed by atoms with Crippen LogP contribution in [0, 0.1) is 0 Å². The molecule has 1 aromatic carbocycles. The fourth-order valence-electron chi connectivity index (χ4n) is 3.14. The van der Waals surface area contributed by atoms with E-state index in [0.29, 0.717) is 12.2 Å². The summed E-state index contributed by atoms with van der Waals surface area (Å²) in [6, 6.07) is 5.84. The van der Waals surface area contributed by atoms with Gasteiger partial charge in [0.05, 0.1) is 13.7 Å². The zero-order valence-electron chi connectivity index (χ0n) is 12.4. The van der Waals surface area contributed by atoms with Crippen LogP contribution in [-0.4, -0.2) is 47.8 Å².